The Morgan fingerprint density at radius 3 is 0.913 bits per heavy atom. The molecule has 0 fully saturated rings. The lowest BCUT2D eigenvalue weighted by Gasteiger charge is -2.21. The zero-order chi connectivity index (χ0) is 67.5. The van der Waals surface area contributed by atoms with Crippen LogP contribution in [-0.2, 0) is 65.4 Å². The van der Waals surface area contributed by atoms with Crippen molar-refractivity contribution in [2.45, 2.75) is 341 Å². The summed E-state index contributed by atoms with van der Waals surface area (Å²) in [6.07, 6.45) is 62.3. The summed E-state index contributed by atoms with van der Waals surface area (Å²) in [5.41, 5.74) is 0. The van der Waals surface area contributed by atoms with Gasteiger partial charge in [0.2, 0.25) is 0 Å². The van der Waals surface area contributed by atoms with Crippen LogP contribution in [0.2, 0.25) is 0 Å². The highest BCUT2D eigenvalue weighted by Crippen LogP contribution is 2.45. The maximum atomic E-state index is 13.0. The van der Waals surface area contributed by atoms with E-state index in [2.05, 4.69) is 88.5 Å². The predicted molar refractivity (Wildman–Crippen MR) is 372 cm³/mol. The Labute approximate surface area is 559 Å². The highest BCUT2D eigenvalue weighted by molar-refractivity contribution is 7.47. The summed E-state index contributed by atoms with van der Waals surface area (Å²) in [7, 11) is -9.93. The van der Waals surface area contributed by atoms with Crippen molar-refractivity contribution in [3.8, 4) is 0 Å². The predicted octanol–water partition coefficient (Wildman–Crippen LogP) is 20.3. The van der Waals surface area contributed by atoms with Crippen molar-refractivity contribution in [3.05, 3.63) is 60.8 Å². The second-order valence-corrected chi connectivity index (χ2v) is 27.4. The molecule has 0 radical (unpaired) electrons. The molecule has 536 valence electrons. The normalized spacial score (nSPS) is 14.4. The van der Waals surface area contributed by atoms with Gasteiger partial charge < -0.3 is 33.8 Å². The summed E-state index contributed by atoms with van der Waals surface area (Å²) in [6, 6.07) is 0. The topological polar surface area (TPSA) is 237 Å². The van der Waals surface area contributed by atoms with Gasteiger partial charge in [-0.05, 0) is 96.3 Å². The lowest BCUT2D eigenvalue weighted by Crippen LogP contribution is -2.30. The second-order valence-electron chi connectivity index (χ2n) is 24.5. The van der Waals surface area contributed by atoms with E-state index in [1.807, 2.05) is 0 Å². The van der Waals surface area contributed by atoms with Crippen LogP contribution in [0.25, 0.3) is 0 Å². The molecule has 0 aromatic carbocycles. The van der Waals surface area contributed by atoms with Gasteiger partial charge in [-0.25, -0.2) is 9.13 Å². The van der Waals surface area contributed by atoms with Gasteiger partial charge in [0.05, 0.1) is 26.4 Å². The number of phosphoric ester groups is 2. The number of hydrogen-bond acceptors (Lipinski definition) is 15. The van der Waals surface area contributed by atoms with Crippen LogP contribution in [0.4, 0.5) is 0 Å². The standard InChI is InChI=1S/C73H132O17P2/c1-5-9-13-17-21-25-29-31-32-33-34-36-40-42-46-50-54-58-71(76)84-64-69(90-73(78)60-56-52-48-44-38-28-24-20-16-12-8-4)66-88-92(81,82)86-62-67(74)61-85-91(79,80)87-65-68(89-72(77)59-55-51-47-43-37-27-23-19-15-11-7-3)63-83-70(75)57-53-49-45-41-39-35-30-26-22-18-14-10-6-2/h9,13,19-21,23-25,31-32,67-69,74H,5-8,10-12,14-18,22,26-30,33-66H2,1-4H3,(H,79,80)(H,81,82)/b13-9-,23-19-,24-20-,25-21-,32-31-. The molecule has 0 bridgehead atoms. The third-order valence-electron chi connectivity index (χ3n) is 15.5. The van der Waals surface area contributed by atoms with E-state index in [1.54, 1.807) is 0 Å². The van der Waals surface area contributed by atoms with Crippen molar-refractivity contribution < 1.29 is 80.2 Å². The summed E-state index contributed by atoms with van der Waals surface area (Å²) in [5, 5.41) is 10.6. The van der Waals surface area contributed by atoms with E-state index in [4.69, 9.17) is 37.0 Å². The maximum absolute atomic E-state index is 13.0. The van der Waals surface area contributed by atoms with Crippen molar-refractivity contribution >= 4 is 39.5 Å². The van der Waals surface area contributed by atoms with Gasteiger partial charge >= 0.3 is 39.5 Å². The van der Waals surface area contributed by atoms with E-state index >= 15 is 0 Å². The molecule has 5 atom stereocenters. The summed E-state index contributed by atoms with van der Waals surface area (Å²) in [6.45, 7) is 4.68. The molecular weight excluding hydrogens is 1210 g/mol. The molecule has 92 heavy (non-hydrogen) atoms. The van der Waals surface area contributed by atoms with Crippen LogP contribution in [0.15, 0.2) is 60.8 Å². The number of aliphatic hydroxyl groups is 1. The molecule has 0 aliphatic heterocycles. The number of ether oxygens (including phenoxy) is 4. The molecule has 0 aromatic rings. The molecule has 0 heterocycles. The van der Waals surface area contributed by atoms with Crippen molar-refractivity contribution in [2.75, 3.05) is 39.6 Å². The van der Waals surface area contributed by atoms with Crippen LogP contribution in [0.5, 0.6) is 0 Å². The zero-order valence-electron chi connectivity index (χ0n) is 58.2. The average molecular weight is 1340 g/mol. The first-order chi connectivity index (χ1) is 44.7. The highest BCUT2D eigenvalue weighted by Gasteiger charge is 2.30. The summed E-state index contributed by atoms with van der Waals surface area (Å²) in [4.78, 5) is 72.6. The Morgan fingerprint density at radius 1 is 0.315 bits per heavy atom. The fourth-order valence-electron chi connectivity index (χ4n) is 9.84. The molecule has 19 heteroatoms. The van der Waals surface area contributed by atoms with Crippen LogP contribution in [0.3, 0.4) is 0 Å². The summed E-state index contributed by atoms with van der Waals surface area (Å²) < 4.78 is 68.2. The third kappa shape index (κ3) is 65.4. The van der Waals surface area contributed by atoms with Gasteiger partial charge in [0, 0.05) is 25.7 Å². The monoisotopic (exact) mass is 1340 g/mol. The Morgan fingerprint density at radius 2 is 0.576 bits per heavy atom. The minimum absolute atomic E-state index is 0.0852. The summed E-state index contributed by atoms with van der Waals surface area (Å²) in [5.74, 6) is -2.18. The van der Waals surface area contributed by atoms with Gasteiger partial charge in [-0.3, -0.25) is 37.3 Å². The van der Waals surface area contributed by atoms with Crippen molar-refractivity contribution in [3.63, 3.8) is 0 Å². The van der Waals surface area contributed by atoms with Crippen molar-refractivity contribution in [1.29, 1.82) is 0 Å². The Bertz CT molecular complexity index is 1990. The second kappa shape index (κ2) is 66.4. The van der Waals surface area contributed by atoms with E-state index in [0.29, 0.717) is 25.7 Å². The summed E-state index contributed by atoms with van der Waals surface area (Å²) >= 11 is 0. The number of hydrogen-bond donors (Lipinski definition) is 3. The molecule has 0 aliphatic rings. The average Bonchev–Trinajstić information content (AvgIpc) is 2.31. The SMILES string of the molecule is CC/C=C\C/C=C\C/C=C\CCCCCCCCCC(=O)OCC(COP(=O)(O)OCC(O)COP(=O)(O)OCC(COC(=O)CCCCCCCCCCCCCCC)OC(=O)CCCCCCC/C=C\CCCC)OC(=O)CCCCCCC/C=C\CCCC. The molecule has 0 spiro atoms. The first-order valence-electron chi connectivity index (χ1n) is 36.5. The molecule has 0 aliphatic carbocycles. The maximum Gasteiger partial charge on any atom is 0.472 e. The highest BCUT2D eigenvalue weighted by atomic mass is 31.2. The Hall–Kier alpha value is -3.24. The molecule has 3 N–H and O–H groups in total. The number of allylic oxidation sites excluding steroid dienone is 10. The minimum atomic E-state index is -4.97. The van der Waals surface area contributed by atoms with E-state index in [-0.39, 0.29) is 25.7 Å². The van der Waals surface area contributed by atoms with Crippen LogP contribution >= 0.6 is 15.6 Å². The number of phosphoric acid groups is 2. The molecule has 0 amide bonds. The molecule has 0 saturated heterocycles. The number of carbonyl (C=O) groups is 4. The number of esters is 4. The third-order valence-corrected chi connectivity index (χ3v) is 17.4. The van der Waals surface area contributed by atoms with Crippen molar-refractivity contribution in [2.24, 2.45) is 0 Å². The molecule has 5 unspecified atom stereocenters. The molecule has 0 rings (SSSR count). The lowest BCUT2D eigenvalue weighted by atomic mass is 10.0. The fourth-order valence-corrected chi connectivity index (χ4v) is 11.4. The van der Waals surface area contributed by atoms with Crippen LogP contribution in [0.1, 0.15) is 323 Å². The van der Waals surface area contributed by atoms with Crippen LogP contribution in [-0.4, -0.2) is 96.7 Å². The quantitative estimate of drug-likeness (QED) is 0.0169. The zero-order valence-corrected chi connectivity index (χ0v) is 60.0. The molecule has 0 saturated carbocycles. The molecule has 0 aromatic heterocycles. The smallest absolute Gasteiger partial charge is 0.462 e. The van der Waals surface area contributed by atoms with E-state index < -0.39 is 97.5 Å². The fraction of sp³-hybridized carbons (Fsp3) is 0.808. The first-order valence-corrected chi connectivity index (χ1v) is 39.5. The van der Waals surface area contributed by atoms with Crippen LogP contribution in [0, 0.1) is 0 Å². The van der Waals surface area contributed by atoms with Gasteiger partial charge in [-0.15, -0.1) is 0 Å². The van der Waals surface area contributed by atoms with Crippen LogP contribution < -0.4 is 0 Å². The number of rotatable bonds is 69. The van der Waals surface area contributed by atoms with Gasteiger partial charge in [-0.1, -0.05) is 262 Å². The number of carbonyl (C=O) groups excluding carboxylic acids is 4. The number of aliphatic hydroxyl groups excluding tert-OH is 1. The van der Waals surface area contributed by atoms with E-state index in [1.165, 1.54) is 83.5 Å². The van der Waals surface area contributed by atoms with Gasteiger partial charge in [0.1, 0.15) is 19.3 Å². The minimum Gasteiger partial charge on any atom is -0.462 e. The van der Waals surface area contributed by atoms with Gasteiger partial charge in [0.15, 0.2) is 12.2 Å². The first kappa shape index (κ1) is 88.8. The van der Waals surface area contributed by atoms with E-state index in [9.17, 15) is 43.2 Å². The Kier molecular flexibility index (Phi) is 64.0. The lowest BCUT2D eigenvalue weighted by molar-refractivity contribution is -0.161. The Balaban J connectivity index is 5.27. The molecule has 17 nitrogen and oxygen atoms in total. The van der Waals surface area contributed by atoms with Gasteiger partial charge in [-0.2, -0.15) is 0 Å². The van der Waals surface area contributed by atoms with Crippen molar-refractivity contribution in [1.82, 2.24) is 0 Å². The molecular formula is C73H132O17P2. The number of unbranched alkanes of at least 4 members (excludes halogenated alkanes) is 33. The largest absolute Gasteiger partial charge is 0.472 e. The van der Waals surface area contributed by atoms with Gasteiger partial charge in [0.25, 0.3) is 0 Å². The van der Waals surface area contributed by atoms with E-state index in [0.717, 1.165) is 161 Å².